The second-order valence-corrected chi connectivity index (χ2v) is 15.1. The maximum absolute atomic E-state index is 13.0. The zero-order chi connectivity index (χ0) is 25.6. The molecule has 0 aromatic rings. The van der Waals surface area contributed by atoms with Crippen LogP contribution in [-0.2, 0) is 14.3 Å². The maximum Gasteiger partial charge on any atom is 0.302 e. The van der Waals surface area contributed by atoms with Crippen LogP contribution in [0.3, 0.4) is 0 Å². The number of hydrogen-bond donors (Lipinski definition) is 0. The van der Waals surface area contributed by atoms with Gasteiger partial charge in [0.2, 0.25) is 0 Å². The third-order valence-corrected chi connectivity index (χ3v) is 13.6. The molecule has 5 aliphatic carbocycles. The molecule has 5 fully saturated rings. The van der Waals surface area contributed by atoms with Gasteiger partial charge in [0.1, 0.15) is 12.4 Å². The molecule has 0 saturated heterocycles. The molecule has 0 aliphatic heterocycles. The van der Waals surface area contributed by atoms with Gasteiger partial charge in [-0.05, 0) is 115 Å². The van der Waals surface area contributed by atoms with Gasteiger partial charge in [-0.3, -0.25) is 9.59 Å². The van der Waals surface area contributed by atoms with Crippen molar-refractivity contribution >= 4 is 11.8 Å². The van der Waals surface area contributed by atoms with Gasteiger partial charge < -0.3 is 4.74 Å². The minimum absolute atomic E-state index is 0.178. The van der Waals surface area contributed by atoms with Crippen LogP contribution in [0.2, 0.25) is 0 Å². The molecule has 0 radical (unpaired) electrons. The number of carbonyl (C=O) groups is 2. The SMILES string of the molecule is C=C(COC(C)=O)[C@@H]1CC[C@]2(C)CC[C@]3(C)[C@H](CC[C@@H]4[C@@]5(C)CCC(=O)C(C)(C)[C@@H]5CC[C@]43C)[C@@H]12. The van der Waals surface area contributed by atoms with Gasteiger partial charge in [-0.1, -0.05) is 48.1 Å². The lowest BCUT2D eigenvalue weighted by molar-refractivity contribution is -0.232. The maximum atomic E-state index is 13.0. The Hall–Kier alpha value is -1.12. The first-order valence-electron chi connectivity index (χ1n) is 14.5. The Kier molecular flexibility index (Phi) is 5.79. The summed E-state index contributed by atoms with van der Waals surface area (Å²) < 4.78 is 5.43. The number of fused-ring (bicyclic) bond motifs is 7. The average molecular weight is 483 g/mol. The van der Waals surface area contributed by atoms with Crippen molar-refractivity contribution in [1.29, 1.82) is 0 Å². The zero-order valence-electron chi connectivity index (χ0n) is 23.6. The van der Waals surface area contributed by atoms with Gasteiger partial charge in [0.05, 0.1) is 0 Å². The topological polar surface area (TPSA) is 43.4 Å². The van der Waals surface area contributed by atoms with Gasteiger partial charge in [0, 0.05) is 18.8 Å². The predicted molar refractivity (Wildman–Crippen MR) is 141 cm³/mol. The summed E-state index contributed by atoms with van der Waals surface area (Å²) in [4.78, 5) is 24.5. The van der Waals surface area contributed by atoms with E-state index in [0.29, 0.717) is 58.2 Å². The molecule has 0 heterocycles. The van der Waals surface area contributed by atoms with E-state index in [2.05, 4.69) is 48.1 Å². The second kappa shape index (κ2) is 7.94. The summed E-state index contributed by atoms with van der Waals surface area (Å²) in [5.74, 6) is 3.35. The van der Waals surface area contributed by atoms with Crippen molar-refractivity contribution in [3.63, 3.8) is 0 Å². The van der Waals surface area contributed by atoms with E-state index in [4.69, 9.17) is 4.74 Å². The Morgan fingerprint density at radius 2 is 1.60 bits per heavy atom. The molecule has 196 valence electrons. The molecule has 0 bridgehead atoms. The molecule has 9 atom stereocenters. The van der Waals surface area contributed by atoms with Crippen molar-refractivity contribution < 1.29 is 14.3 Å². The zero-order valence-corrected chi connectivity index (χ0v) is 23.6. The van der Waals surface area contributed by atoms with Crippen LogP contribution in [0.4, 0.5) is 0 Å². The Labute approximate surface area is 214 Å². The lowest BCUT2D eigenvalue weighted by atomic mass is 9.32. The fraction of sp³-hybridized carbons (Fsp3) is 0.875. The first-order valence-corrected chi connectivity index (χ1v) is 14.5. The first kappa shape index (κ1) is 25.5. The molecule has 5 rings (SSSR count). The monoisotopic (exact) mass is 482 g/mol. The molecule has 5 aliphatic rings. The highest BCUT2D eigenvalue weighted by Crippen LogP contribution is 2.77. The van der Waals surface area contributed by atoms with E-state index in [1.807, 2.05) is 0 Å². The molecule has 3 heteroatoms. The lowest BCUT2D eigenvalue weighted by Crippen LogP contribution is -2.66. The summed E-state index contributed by atoms with van der Waals surface area (Å²) >= 11 is 0. The molecule has 0 amide bonds. The van der Waals surface area contributed by atoms with Gasteiger partial charge in [0.15, 0.2) is 0 Å². The fourth-order valence-corrected chi connectivity index (χ4v) is 11.5. The van der Waals surface area contributed by atoms with Gasteiger partial charge in [-0.15, -0.1) is 0 Å². The van der Waals surface area contributed by atoms with Crippen molar-refractivity contribution in [2.24, 2.45) is 56.7 Å². The Morgan fingerprint density at radius 3 is 2.29 bits per heavy atom. The van der Waals surface area contributed by atoms with Crippen molar-refractivity contribution in [2.45, 2.75) is 113 Å². The standard InChI is InChI=1S/C32H50O3/c1-20(19-35-21(2)33)22-11-14-29(5)17-18-31(7)23(27(22)29)9-10-25-30(6)15-13-26(34)28(3,4)24(30)12-16-32(25,31)8/h22-25,27H,1,9-19H2,2-8H3/t22-,23+,24-,25+,27+,29+,30-,31+,32+/m0/s1. The summed E-state index contributed by atoms with van der Waals surface area (Å²) in [6.45, 7) is 21.3. The molecule has 0 aromatic heterocycles. The predicted octanol–water partition coefficient (Wildman–Crippen LogP) is 7.78. The highest BCUT2D eigenvalue weighted by molar-refractivity contribution is 5.85. The summed E-state index contributed by atoms with van der Waals surface area (Å²) in [5.41, 5.74) is 2.27. The van der Waals surface area contributed by atoms with Crippen molar-refractivity contribution in [2.75, 3.05) is 6.61 Å². The number of hydrogen-bond acceptors (Lipinski definition) is 3. The van der Waals surface area contributed by atoms with Gasteiger partial charge in [-0.25, -0.2) is 0 Å². The van der Waals surface area contributed by atoms with Crippen LogP contribution >= 0.6 is 0 Å². The third-order valence-electron chi connectivity index (χ3n) is 13.6. The van der Waals surface area contributed by atoms with Crippen LogP contribution in [0.1, 0.15) is 113 Å². The van der Waals surface area contributed by atoms with Gasteiger partial charge >= 0.3 is 5.97 Å². The van der Waals surface area contributed by atoms with Crippen molar-refractivity contribution in [3.8, 4) is 0 Å². The molecule has 5 saturated carbocycles. The number of Topliss-reactive ketones (excluding diaryl/α,β-unsaturated/α-hetero) is 1. The van der Waals surface area contributed by atoms with Crippen molar-refractivity contribution in [1.82, 2.24) is 0 Å². The van der Waals surface area contributed by atoms with E-state index in [-0.39, 0.29) is 16.8 Å². The Balaban J connectivity index is 1.49. The smallest absolute Gasteiger partial charge is 0.302 e. The highest BCUT2D eigenvalue weighted by atomic mass is 16.5. The quantitative estimate of drug-likeness (QED) is 0.305. The van der Waals surface area contributed by atoms with Gasteiger partial charge in [-0.2, -0.15) is 0 Å². The van der Waals surface area contributed by atoms with Crippen LogP contribution in [-0.4, -0.2) is 18.4 Å². The summed E-state index contributed by atoms with van der Waals surface area (Å²) in [7, 11) is 0. The van der Waals surface area contributed by atoms with E-state index < -0.39 is 0 Å². The number of carbonyl (C=O) groups excluding carboxylic acids is 2. The highest BCUT2D eigenvalue weighted by Gasteiger charge is 2.70. The van der Waals surface area contributed by atoms with Crippen molar-refractivity contribution in [3.05, 3.63) is 12.2 Å². The fourth-order valence-electron chi connectivity index (χ4n) is 11.5. The molecular formula is C32H50O3. The summed E-state index contributed by atoms with van der Waals surface area (Å²) in [6, 6.07) is 0. The number of rotatable bonds is 3. The molecule has 3 nitrogen and oxygen atoms in total. The molecule has 0 spiro atoms. The molecule has 35 heavy (non-hydrogen) atoms. The first-order chi connectivity index (χ1) is 16.2. The van der Waals surface area contributed by atoms with Crippen LogP contribution in [0.25, 0.3) is 0 Å². The molecule has 0 unspecified atom stereocenters. The molecule has 0 aromatic carbocycles. The van der Waals surface area contributed by atoms with Crippen LogP contribution in [0, 0.1) is 56.7 Å². The summed E-state index contributed by atoms with van der Waals surface area (Å²) in [6.07, 6.45) is 12.1. The van der Waals surface area contributed by atoms with Crippen LogP contribution < -0.4 is 0 Å². The minimum Gasteiger partial charge on any atom is -0.461 e. The lowest BCUT2D eigenvalue weighted by Gasteiger charge is -2.72. The van der Waals surface area contributed by atoms with E-state index in [1.54, 1.807) is 0 Å². The van der Waals surface area contributed by atoms with Crippen LogP contribution in [0.5, 0.6) is 0 Å². The molecule has 0 N–H and O–H groups in total. The van der Waals surface area contributed by atoms with E-state index >= 15 is 0 Å². The summed E-state index contributed by atoms with van der Waals surface area (Å²) in [5, 5.41) is 0. The number of ketones is 1. The largest absolute Gasteiger partial charge is 0.461 e. The molecular weight excluding hydrogens is 432 g/mol. The number of esters is 1. The average Bonchev–Trinajstić information content (AvgIpc) is 3.13. The van der Waals surface area contributed by atoms with E-state index in [0.717, 1.165) is 18.4 Å². The van der Waals surface area contributed by atoms with E-state index in [9.17, 15) is 9.59 Å². The normalized spacial score (nSPS) is 50.4. The van der Waals surface area contributed by atoms with Crippen LogP contribution in [0.15, 0.2) is 12.2 Å². The van der Waals surface area contributed by atoms with Gasteiger partial charge in [0.25, 0.3) is 0 Å². The van der Waals surface area contributed by atoms with E-state index in [1.165, 1.54) is 58.3 Å². The third kappa shape index (κ3) is 3.34. The number of ether oxygens (including phenoxy) is 1. The second-order valence-electron chi connectivity index (χ2n) is 15.1. The Bertz CT molecular complexity index is 933. The minimum atomic E-state index is -0.202. The Morgan fingerprint density at radius 1 is 0.886 bits per heavy atom.